The van der Waals surface area contributed by atoms with Gasteiger partial charge >= 0.3 is 0 Å². The van der Waals surface area contributed by atoms with E-state index in [9.17, 15) is 22.0 Å². The van der Waals surface area contributed by atoms with Gasteiger partial charge in [-0.25, -0.2) is 17.2 Å². The maximum absolute atomic E-state index is 13.5. The Morgan fingerprint density at radius 1 is 1.37 bits per heavy atom. The van der Waals surface area contributed by atoms with Crippen LogP contribution >= 0.6 is 10.7 Å². The van der Waals surface area contributed by atoms with Gasteiger partial charge in [-0.05, 0) is 6.07 Å². The van der Waals surface area contributed by atoms with Crippen molar-refractivity contribution in [2.75, 3.05) is 20.7 Å². The predicted octanol–water partition coefficient (Wildman–Crippen LogP) is 1.36. The van der Waals surface area contributed by atoms with E-state index in [1.807, 2.05) is 0 Å². The van der Waals surface area contributed by atoms with Gasteiger partial charge in [-0.1, -0.05) is 0 Å². The van der Waals surface area contributed by atoms with Crippen LogP contribution in [0.1, 0.15) is 0 Å². The fourth-order valence-corrected chi connectivity index (χ4v) is 2.10. The molecule has 1 amide bonds. The highest BCUT2D eigenvalue weighted by Crippen LogP contribution is 2.30. The number of ether oxygens (including phenoxy) is 1. The van der Waals surface area contributed by atoms with Crippen molar-refractivity contribution in [3.05, 3.63) is 23.8 Å². The largest absolute Gasteiger partial charge is 0.479 e. The van der Waals surface area contributed by atoms with Gasteiger partial charge in [0.05, 0.1) is 0 Å². The van der Waals surface area contributed by atoms with E-state index in [2.05, 4.69) is 0 Å². The summed E-state index contributed by atoms with van der Waals surface area (Å²) < 4.78 is 53.6. The minimum atomic E-state index is -4.40. The zero-order chi connectivity index (χ0) is 14.8. The molecule has 0 aliphatic rings. The highest BCUT2D eigenvalue weighted by atomic mass is 35.7. The number of halogens is 3. The zero-order valence-electron chi connectivity index (χ0n) is 9.98. The Bertz CT molecular complexity index is 604. The van der Waals surface area contributed by atoms with Crippen LogP contribution in [-0.2, 0) is 13.8 Å². The third-order valence-electron chi connectivity index (χ3n) is 2.08. The minimum Gasteiger partial charge on any atom is -0.479 e. The molecular weight excluding hydrogens is 304 g/mol. The molecule has 19 heavy (non-hydrogen) atoms. The maximum Gasteiger partial charge on any atom is 0.265 e. The molecule has 0 heterocycles. The molecule has 0 saturated carbocycles. The molecule has 1 aromatic carbocycles. The molecule has 0 bridgehead atoms. The average molecular weight is 314 g/mol. The summed E-state index contributed by atoms with van der Waals surface area (Å²) >= 11 is 0. The number of amides is 1. The second kappa shape index (κ2) is 5.70. The van der Waals surface area contributed by atoms with Crippen LogP contribution in [0.5, 0.6) is 5.75 Å². The van der Waals surface area contributed by atoms with Crippen molar-refractivity contribution in [2.24, 2.45) is 0 Å². The molecule has 5 nitrogen and oxygen atoms in total. The Morgan fingerprint density at radius 2 is 1.95 bits per heavy atom. The Hall–Kier alpha value is -1.41. The lowest BCUT2D eigenvalue weighted by Gasteiger charge is -2.13. The van der Waals surface area contributed by atoms with E-state index < -0.39 is 43.8 Å². The number of hydrogen-bond donors (Lipinski definition) is 0. The maximum atomic E-state index is 13.5. The highest BCUT2D eigenvalue weighted by Gasteiger charge is 2.23. The summed E-state index contributed by atoms with van der Waals surface area (Å²) in [5.41, 5.74) is 0. The SMILES string of the molecule is CN(C)C(=O)COc1c(F)cc(F)cc1S(=O)(=O)Cl. The smallest absolute Gasteiger partial charge is 0.265 e. The molecule has 0 saturated heterocycles. The molecule has 1 rings (SSSR count). The van der Waals surface area contributed by atoms with E-state index in [1.165, 1.54) is 14.1 Å². The predicted molar refractivity (Wildman–Crippen MR) is 63.6 cm³/mol. The van der Waals surface area contributed by atoms with Gasteiger partial charge in [0.15, 0.2) is 18.2 Å². The lowest BCUT2D eigenvalue weighted by molar-refractivity contribution is -0.130. The molecule has 0 fully saturated rings. The lowest BCUT2D eigenvalue weighted by atomic mass is 10.3. The summed E-state index contributed by atoms with van der Waals surface area (Å²) in [5.74, 6) is -3.69. The first kappa shape index (κ1) is 15.6. The standard InChI is InChI=1S/C10H10ClF2NO4S/c1-14(2)9(15)5-18-10-7(13)3-6(12)4-8(10)19(11,16)17/h3-4H,5H2,1-2H3. The Balaban J connectivity index is 3.16. The topological polar surface area (TPSA) is 63.7 Å². The second-order valence-electron chi connectivity index (χ2n) is 3.73. The van der Waals surface area contributed by atoms with Crippen molar-refractivity contribution in [2.45, 2.75) is 4.90 Å². The van der Waals surface area contributed by atoms with Crippen molar-refractivity contribution in [3.8, 4) is 5.75 Å². The van der Waals surface area contributed by atoms with Gasteiger partial charge in [0, 0.05) is 30.8 Å². The molecular formula is C10H10ClF2NO4S. The summed E-state index contributed by atoms with van der Waals surface area (Å²) in [5, 5.41) is 0. The van der Waals surface area contributed by atoms with E-state index in [-0.39, 0.29) is 0 Å². The molecule has 0 aliphatic carbocycles. The van der Waals surface area contributed by atoms with Crippen molar-refractivity contribution in [1.82, 2.24) is 4.90 Å². The number of hydrogen-bond acceptors (Lipinski definition) is 4. The van der Waals surface area contributed by atoms with Crippen molar-refractivity contribution in [1.29, 1.82) is 0 Å². The third-order valence-corrected chi connectivity index (χ3v) is 3.40. The molecule has 0 radical (unpaired) electrons. The molecule has 0 unspecified atom stereocenters. The summed E-state index contributed by atoms with van der Waals surface area (Å²) in [7, 11) is 3.52. The van der Waals surface area contributed by atoms with Crippen LogP contribution in [0, 0.1) is 11.6 Å². The fourth-order valence-electron chi connectivity index (χ4n) is 1.12. The number of likely N-dealkylation sites (N-methyl/N-ethyl adjacent to an activating group) is 1. The van der Waals surface area contributed by atoms with Crippen LogP contribution in [0.3, 0.4) is 0 Å². The van der Waals surface area contributed by atoms with E-state index in [0.717, 1.165) is 4.90 Å². The molecule has 0 atom stereocenters. The second-order valence-corrected chi connectivity index (χ2v) is 6.26. The molecule has 0 aliphatic heterocycles. The Morgan fingerprint density at radius 3 is 2.42 bits per heavy atom. The van der Waals surface area contributed by atoms with Crippen LogP contribution in [-0.4, -0.2) is 39.9 Å². The molecule has 0 N–H and O–H groups in total. The van der Waals surface area contributed by atoms with Crippen LogP contribution in [0.25, 0.3) is 0 Å². The van der Waals surface area contributed by atoms with E-state index in [1.54, 1.807) is 0 Å². The molecule has 0 spiro atoms. The number of benzene rings is 1. The normalized spacial score (nSPS) is 11.2. The van der Waals surface area contributed by atoms with E-state index >= 15 is 0 Å². The van der Waals surface area contributed by atoms with Gasteiger partial charge in [-0.2, -0.15) is 0 Å². The molecule has 1 aromatic rings. The summed E-state index contributed by atoms with van der Waals surface area (Å²) in [6.07, 6.45) is 0. The third kappa shape index (κ3) is 4.03. The van der Waals surface area contributed by atoms with Gasteiger partial charge in [-0.15, -0.1) is 0 Å². The summed E-state index contributed by atoms with van der Waals surface area (Å²) in [4.78, 5) is 11.6. The van der Waals surface area contributed by atoms with Crippen LogP contribution < -0.4 is 4.74 Å². The van der Waals surface area contributed by atoms with E-state index in [0.29, 0.717) is 12.1 Å². The van der Waals surface area contributed by atoms with Gasteiger partial charge in [-0.3, -0.25) is 4.79 Å². The number of rotatable bonds is 4. The highest BCUT2D eigenvalue weighted by molar-refractivity contribution is 8.13. The molecule has 9 heteroatoms. The Labute approximate surface area is 113 Å². The first-order valence-corrected chi connectivity index (χ1v) is 7.20. The monoisotopic (exact) mass is 313 g/mol. The fraction of sp³-hybridized carbons (Fsp3) is 0.300. The van der Waals surface area contributed by atoms with Crippen molar-refractivity contribution in [3.63, 3.8) is 0 Å². The van der Waals surface area contributed by atoms with Crippen LogP contribution in [0.15, 0.2) is 17.0 Å². The average Bonchev–Trinajstić information content (AvgIpc) is 2.25. The van der Waals surface area contributed by atoms with E-state index in [4.69, 9.17) is 15.4 Å². The minimum absolute atomic E-state index is 0.432. The Kier molecular flexibility index (Phi) is 4.70. The lowest BCUT2D eigenvalue weighted by Crippen LogP contribution is -2.28. The number of carbonyl (C=O) groups is 1. The van der Waals surface area contributed by atoms with Gasteiger partial charge in [0.1, 0.15) is 10.7 Å². The van der Waals surface area contributed by atoms with Crippen molar-refractivity contribution >= 4 is 25.6 Å². The van der Waals surface area contributed by atoms with Crippen LogP contribution in [0.2, 0.25) is 0 Å². The first-order chi connectivity index (χ1) is 8.62. The van der Waals surface area contributed by atoms with Crippen LogP contribution in [0.4, 0.5) is 8.78 Å². The van der Waals surface area contributed by atoms with Gasteiger partial charge in [0.2, 0.25) is 0 Å². The zero-order valence-corrected chi connectivity index (χ0v) is 11.6. The number of nitrogens with zero attached hydrogens (tertiary/aromatic N) is 1. The van der Waals surface area contributed by atoms with Gasteiger partial charge < -0.3 is 9.64 Å². The summed E-state index contributed by atoms with van der Waals surface area (Å²) in [6.45, 7) is -0.602. The first-order valence-electron chi connectivity index (χ1n) is 4.89. The molecule has 106 valence electrons. The van der Waals surface area contributed by atoms with Gasteiger partial charge in [0.25, 0.3) is 15.0 Å². The number of carbonyl (C=O) groups excluding carboxylic acids is 1. The van der Waals surface area contributed by atoms with Crippen molar-refractivity contribution < 1.29 is 26.7 Å². The quantitative estimate of drug-likeness (QED) is 0.787. The summed E-state index contributed by atoms with van der Waals surface area (Å²) in [6, 6.07) is 0.946. The molecule has 0 aromatic heterocycles.